The lowest BCUT2D eigenvalue weighted by molar-refractivity contribution is 0.273. The summed E-state index contributed by atoms with van der Waals surface area (Å²) in [6, 6.07) is 2.39. The summed E-state index contributed by atoms with van der Waals surface area (Å²) in [7, 11) is 0. The second kappa shape index (κ2) is 5.13. The molecule has 0 radical (unpaired) electrons. The molecule has 2 aliphatic heterocycles. The van der Waals surface area contributed by atoms with Gasteiger partial charge in [0.1, 0.15) is 5.84 Å². The molecule has 3 rings (SSSR count). The molecule has 1 unspecified atom stereocenters. The molecule has 2 aliphatic rings. The maximum Gasteiger partial charge on any atom is 0.162 e. The number of amidine groups is 1. The van der Waals surface area contributed by atoms with Crippen LogP contribution in [0.1, 0.15) is 24.8 Å². The molecule has 2 fully saturated rings. The van der Waals surface area contributed by atoms with Gasteiger partial charge in [-0.2, -0.15) is 5.10 Å². The third kappa shape index (κ3) is 2.40. The Balaban J connectivity index is 1.87. The molecule has 102 valence electrons. The van der Waals surface area contributed by atoms with Gasteiger partial charge in [-0.05, 0) is 31.9 Å². The zero-order valence-electron chi connectivity index (χ0n) is 11.0. The number of hydrogen-bond acceptors (Lipinski definition) is 5. The van der Waals surface area contributed by atoms with Crippen molar-refractivity contribution < 1.29 is 0 Å². The summed E-state index contributed by atoms with van der Waals surface area (Å²) in [5, 5.41) is 15.8. The van der Waals surface area contributed by atoms with Crippen molar-refractivity contribution in [2.45, 2.75) is 25.3 Å². The standard InChI is InChI=1S/C13H20N6/c14-12(15)11-4-5-16-17-13(11)19-8-2-7-18-6-1-3-10(18)9-19/h4-5,10H,1-3,6-9H2,(H3,14,15). The quantitative estimate of drug-likeness (QED) is 0.595. The summed E-state index contributed by atoms with van der Waals surface area (Å²) in [5.74, 6) is 0.834. The van der Waals surface area contributed by atoms with E-state index >= 15 is 0 Å². The number of nitrogens with two attached hydrogens (primary N) is 1. The van der Waals surface area contributed by atoms with Crippen LogP contribution in [0, 0.1) is 5.41 Å². The highest BCUT2D eigenvalue weighted by Gasteiger charge is 2.30. The average molecular weight is 260 g/mol. The van der Waals surface area contributed by atoms with Gasteiger partial charge in [0.25, 0.3) is 0 Å². The minimum Gasteiger partial charge on any atom is -0.384 e. The summed E-state index contributed by atoms with van der Waals surface area (Å²) in [6.45, 7) is 4.32. The van der Waals surface area contributed by atoms with Crippen molar-refractivity contribution in [1.82, 2.24) is 15.1 Å². The lowest BCUT2D eigenvalue weighted by Gasteiger charge is -2.27. The number of nitrogens with one attached hydrogen (secondary N) is 1. The molecule has 0 aliphatic carbocycles. The van der Waals surface area contributed by atoms with E-state index in [1.807, 2.05) is 0 Å². The molecule has 6 heteroatoms. The molecule has 1 atom stereocenters. The Morgan fingerprint density at radius 1 is 1.32 bits per heavy atom. The van der Waals surface area contributed by atoms with Gasteiger partial charge < -0.3 is 10.6 Å². The second-order valence-corrected chi connectivity index (χ2v) is 5.31. The Bertz CT molecular complexity index is 474. The van der Waals surface area contributed by atoms with Gasteiger partial charge >= 0.3 is 0 Å². The second-order valence-electron chi connectivity index (χ2n) is 5.31. The molecule has 0 saturated carbocycles. The Hall–Kier alpha value is -1.69. The van der Waals surface area contributed by atoms with E-state index < -0.39 is 0 Å². The monoisotopic (exact) mass is 260 g/mol. The number of anilines is 1. The van der Waals surface area contributed by atoms with E-state index in [-0.39, 0.29) is 5.84 Å². The maximum atomic E-state index is 7.67. The van der Waals surface area contributed by atoms with Crippen molar-refractivity contribution >= 4 is 11.7 Å². The van der Waals surface area contributed by atoms with Crippen LogP contribution in [0.4, 0.5) is 5.82 Å². The van der Waals surface area contributed by atoms with Crippen molar-refractivity contribution in [2.75, 3.05) is 31.1 Å². The SMILES string of the molecule is N=C(N)c1ccnnc1N1CCCN2CCCC2C1. The van der Waals surface area contributed by atoms with E-state index in [9.17, 15) is 0 Å². The van der Waals surface area contributed by atoms with E-state index in [0.717, 1.165) is 31.9 Å². The Morgan fingerprint density at radius 3 is 3.00 bits per heavy atom. The third-order valence-electron chi connectivity index (χ3n) is 4.09. The van der Waals surface area contributed by atoms with Gasteiger partial charge in [-0.15, -0.1) is 5.10 Å². The van der Waals surface area contributed by atoms with Gasteiger partial charge in [-0.3, -0.25) is 10.3 Å². The van der Waals surface area contributed by atoms with Gasteiger partial charge in [0.15, 0.2) is 5.82 Å². The summed E-state index contributed by atoms with van der Waals surface area (Å²) >= 11 is 0. The number of nitrogens with zero attached hydrogens (tertiary/aromatic N) is 4. The Kier molecular flexibility index (Phi) is 3.33. The molecule has 1 aromatic rings. The molecule has 2 saturated heterocycles. The minimum absolute atomic E-state index is 0.0671. The first kappa shape index (κ1) is 12.3. The minimum atomic E-state index is 0.0671. The first-order valence-corrected chi connectivity index (χ1v) is 6.91. The molecule has 3 N–H and O–H groups in total. The van der Waals surface area contributed by atoms with E-state index in [2.05, 4.69) is 20.0 Å². The predicted molar refractivity (Wildman–Crippen MR) is 74.5 cm³/mol. The van der Waals surface area contributed by atoms with E-state index in [1.165, 1.54) is 19.4 Å². The topological polar surface area (TPSA) is 82.1 Å². The number of aromatic nitrogens is 2. The van der Waals surface area contributed by atoms with Gasteiger partial charge in [0, 0.05) is 25.7 Å². The Labute approximate surface area is 113 Å². The highest BCUT2D eigenvalue weighted by molar-refractivity contribution is 5.99. The molecule has 0 bridgehead atoms. The normalized spacial score (nSPS) is 24.0. The first-order valence-electron chi connectivity index (χ1n) is 6.91. The molecular weight excluding hydrogens is 240 g/mol. The van der Waals surface area contributed by atoms with Crippen molar-refractivity contribution in [3.05, 3.63) is 17.8 Å². The molecule has 6 nitrogen and oxygen atoms in total. The number of rotatable bonds is 2. The van der Waals surface area contributed by atoms with Crippen LogP contribution in [0.15, 0.2) is 12.3 Å². The molecule has 0 amide bonds. The zero-order valence-corrected chi connectivity index (χ0v) is 11.0. The summed E-state index contributed by atoms with van der Waals surface area (Å²) in [4.78, 5) is 4.82. The van der Waals surface area contributed by atoms with Gasteiger partial charge in [0.05, 0.1) is 11.8 Å². The van der Waals surface area contributed by atoms with Crippen LogP contribution in [0.2, 0.25) is 0 Å². The van der Waals surface area contributed by atoms with E-state index in [0.29, 0.717) is 11.6 Å². The van der Waals surface area contributed by atoms with Crippen molar-refractivity contribution in [3.63, 3.8) is 0 Å². The average Bonchev–Trinajstić information content (AvgIpc) is 2.76. The van der Waals surface area contributed by atoms with Crippen LogP contribution < -0.4 is 10.6 Å². The van der Waals surface area contributed by atoms with Crippen LogP contribution in [-0.4, -0.2) is 53.2 Å². The molecule has 1 aromatic heterocycles. The van der Waals surface area contributed by atoms with Gasteiger partial charge in [0.2, 0.25) is 0 Å². The smallest absolute Gasteiger partial charge is 0.162 e. The van der Waals surface area contributed by atoms with Crippen LogP contribution >= 0.6 is 0 Å². The van der Waals surface area contributed by atoms with Crippen molar-refractivity contribution in [2.24, 2.45) is 5.73 Å². The van der Waals surface area contributed by atoms with E-state index in [1.54, 1.807) is 12.3 Å². The molecule has 0 spiro atoms. The van der Waals surface area contributed by atoms with Crippen LogP contribution in [0.3, 0.4) is 0 Å². The fourth-order valence-corrected chi connectivity index (χ4v) is 3.17. The summed E-state index contributed by atoms with van der Waals surface area (Å²) in [5.41, 5.74) is 6.34. The number of fused-ring (bicyclic) bond motifs is 1. The molecular formula is C13H20N6. The van der Waals surface area contributed by atoms with Crippen LogP contribution in [0.5, 0.6) is 0 Å². The summed E-state index contributed by atoms with van der Waals surface area (Å²) < 4.78 is 0. The first-order chi connectivity index (χ1) is 9.25. The lowest BCUT2D eigenvalue weighted by Crippen LogP contribution is -2.37. The van der Waals surface area contributed by atoms with Crippen LogP contribution in [0.25, 0.3) is 0 Å². The van der Waals surface area contributed by atoms with E-state index in [4.69, 9.17) is 11.1 Å². The van der Waals surface area contributed by atoms with Crippen molar-refractivity contribution in [1.29, 1.82) is 5.41 Å². The number of nitrogen functional groups attached to an aromatic ring is 1. The fraction of sp³-hybridized carbons (Fsp3) is 0.615. The predicted octanol–water partition coefficient (Wildman–Crippen LogP) is 0.435. The fourth-order valence-electron chi connectivity index (χ4n) is 3.17. The summed E-state index contributed by atoms with van der Waals surface area (Å²) in [6.07, 6.45) is 5.27. The third-order valence-corrected chi connectivity index (χ3v) is 4.09. The lowest BCUT2D eigenvalue weighted by atomic mass is 10.2. The van der Waals surface area contributed by atoms with Gasteiger partial charge in [-0.1, -0.05) is 0 Å². The maximum absolute atomic E-state index is 7.67. The molecule has 19 heavy (non-hydrogen) atoms. The van der Waals surface area contributed by atoms with Crippen molar-refractivity contribution in [3.8, 4) is 0 Å². The van der Waals surface area contributed by atoms with Crippen LogP contribution in [-0.2, 0) is 0 Å². The highest BCUT2D eigenvalue weighted by Crippen LogP contribution is 2.25. The van der Waals surface area contributed by atoms with Gasteiger partial charge in [-0.25, -0.2) is 0 Å². The highest BCUT2D eigenvalue weighted by atomic mass is 15.3. The zero-order chi connectivity index (χ0) is 13.2. The number of hydrogen-bond donors (Lipinski definition) is 2. The largest absolute Gasteiger partial charge is 0.384 e. The Morgan fingerprint density at radius 2 is 2.16 bits per heavy atom. The molecule has 0 aromatic carbocycles. The molecule has 3 heterocycles.